The topological polar surface area (TPSA) is 79.2 Å². The van der Waals surface area contributed by atoms with E-state index in [9.17, 15) is 4.79 Å². The Kier molecular flexibility index (Phi) is 3.41. The van der Waals surface area contributed by atoms with Crippen molar-refractivity contribution in [2.75, 3.05) is 18.0 Å². The van der Waals surface area contributed by atoms with E-state index in [1.807, 2.05) is 19.9 Å². The van der Waals surface area contributed by atoms with E-state index in [1.165, 1.54) is 6.42 Å². The maximum Gasteiger partial charge on any atom is 0.184 e. The second-order valence-electron chi connectivity index (χ2n) is 6.02. The van der Waals surface area contributed by atoms with Crippen molar-refractivity contribution in [3.8, 4) is 0 Å². The summed E-state index contributed by atoms with van der Waals surface area (Å²) in [5, 5.41) is 4.47. The minimum absolute atomic E-state index is 0.00542. The number of hydrogen-bond acceptors (Lipinski definition) is 5. The zero-order chi connectivity index (χ0) is 16.7. The summed E-state index contributed by atoms with van der Waals surface area (Å²) in [5.74, 6) is 1.46. The molecule has 0 spiro atoms. The molecule has 4 rings (SSSR count). The van der Waals surface area contributed by atoms with Crippen molar-refractivity contribution in [3.63, 3.8) is 0 Å². The molecule has 0 unspecified atom stereocenters. The molecule has 1 fully saturated rings. The number of pyridine rings is 1. The van der Waals surface area contributed by atoms with Crippen molar-refractivity contribution in [1.29, 1.82) is 0 Å². The molecular formula is C17H18N6O. The first-order chi connectivity index (χ1) is 11.6. The van der Waals surface area contributed by atoms with Crippen LogP contribution in [0, 0.1) is 13.8 Å². The van der Waals surface area contributed by atoms with Gasteiger partial charge in [-0.1, -0.05) is 0 Å². The van der Waals surface area contributed by atoms with Gasteiger partial charge < -0.3 is 9.88 Å². The van der Waals surface area contributed by atoms with Gasteiger partial charge in [0, 0.05) is 37.1 Å². The molecule has 3 aromatic rings. The molecule has 4 heterocycles. The van der Waals surface area contributed by atoms with Crippen LogP contribution in [0.3, 0.4) is 0 Å². The van der Waals surface area contributed by atoms with Crippen LogP contribution in [0.15, 0.2) is 23.1 Å². The summed E-state index contributed by atoms with van der Waals surface area (Å²) in [6.07, 6.45) is 6.58. The van der Waals surface area contributed by atoms with Gasteiger partial charge in [0.2, 0.25) is 0 Å². The summed E-state index contributed by atoms with van der Waals surface area (Å²) in [5.41, 5.74) is 3.25. The highest BCUT2D eigenvalue weighted by Crippen LogP contribution is 2.17. The summed E-state index contributed by atoms with van der Waals surface area (Å²) in [6, 6.07) is 3.21. The van der Waals surface area contributed by atoms with Crippen molar-refractivity contribution >= 4 is 23.6 Å². The number of rotatable bonds is 3. The molecular weight excluding hydrogens is 304 g/mol. The number of aromatic amines is 1. The number of hydrogen-bond donors (Lipinski definition) is 1. The quantitative estimate of drug-likeness (QED) is 0.795. The maximum atomic E-state index is 11.9. The fourth-order valence-corrected chi connectivity index (χ4v) is 2.71. The largest absolute Gasteiger partial charge is 0.358 e. The molecule has 0 saturated carbocycles. The summed E-state index contributed by atoms with van der Waals surface area (Å²) in [7, 11) is 0. The van der Waals surface area contributed by atoms with Crippen LogP contribution in [0.4, 0.5) is 5.82 Å². The van der Waals surface area contributed by atoms with Crippen LogP contribution < -0.4 is 10.3 Å². The van der Waals surface area contributed by atoms with Crippen molar-refractivity contribution in [1.82, 2.24) is 24.6 Å². The number of aryl methyl sites for hydroxylation is 2. The Balaban J connectivity index is 1.68. The van der Waals surface area contributed by atoms with Crippen LogP contribution in [0.1, 0.15) is 29.3 Å². The summed E-state index contributed by atoms with van der Waals surface area (Å²) < 4.78 is 1.78. The Labute approximate surface area is 138 Å². The third kappa shape index (κ3) is 2.58. The zero-order valence-electron chi connectivity index (χ0n) is 13.7. The Morgan fingerprint density at radius 1 is 1.21 bits per heavy atom. The lowest BCUT2D eigenvalue weighted by atomic mass is 10.2. The van der Waals surface area contributed by atoms with Crippen LogP contribution in [0.5, 0.6) is 0 Å². The average Bonchev–Trinajstić information content (AvgIpc) is 2.92. The molecule has 0 amide bonds. The van der Waals surface area contributed by atoms with Crippen molar-refractivity contribution in [2.24, 2.45) is 0 Å². The van der Waals surface area contributed by atoms with Crippen LogP contribution in [-0.4, -0.2) is 37.7 Å². The van der Waals surface area contributed by atoms with Gasteiger partial charge in [-0.25, -0.2) is 9.50 Å². The van der Waals surface area contributed by atoms with Crippen molar-refractivity contribution in [3.05, 3.63) is 51.5 Å². The van der Waals surface area contributed by atoms with Gasteiger partial charge in [-0.2, -0.15) is 0 Å². The normalized spacial score (nSPS) is 14.5. The Hall–Kier alpha value is -2.96. The predicted molar refractivity (Wildman–Crippen MR) is 93.1 cm³/mol. The molecule has 0 aliphatic carbocycles. The summed E-state index contributed by atoms with van der Waals surface area (Å²) in [6.45, 7) is 5.83. The lowest BCUT2D eigenvalue weighted by molar-refractivity contribution is 0.609. The SMILES string of the molecule is Cc1ncc(C)n2nc(/C=C/c3cc(=O)cc(N4CCC4)[nH]3)nc12. The van der Waals surface area contributed by atoms with E-state index in [0.29, 0.717) is 5.82 Å². The average molecular weight is 322 g/mol. The van der Waals surface area contributed by atoms with Gasteiger partial charge in [-0.3, -0.25) is 9.78 Å². The molecule has 1 aliphatic rings. The molecule has 3 aromatic heterocycles. The summed E-state index contributed by atoms with van der Waals surface area (Å²) >= 11 is 0. The van der Waals surface area contributed by atoms with E-state index < -0.39 is 0 Å². The minimum atomic E-state index is -0.00542. The smallest absolute Gasteiger partial charge is 0.184 e. The fraction of sp³-hybridized carbons (Fsp3) is 0.294. The number of H-pyrrole nitrogens is 1. The van der Waals surface area contributed by atoms with E-state index in [1.54, 1.807) is 28.9 Å². The monoisotopic (exact) mass is 322 g/mol. The Morgan fingerprint density at radius 3 is 2.75 bits per heavy atom. The first-order valence-electron chi connectivity index (χ1n) is 7.96. The Bertz CT molecular complexity index is 957. The van der Waals surface area contributed by atoms with E-state index >= 15 is 0 Å². The highest BCUT2D eigenvalue weighted by molar-refractivity contribution is 5.66. The van der Waals surface area contributed by atoms with Gasteiger partial charge in [-0.05, 0) is 32.4 Å². The minimum Gasteiger partial charge on any atom is -0.358 e. The molecule has 1 saturated heterocycles. The molecule has 0 bridgehead atoms. The number of nitrogens with one attached hydrogen (secondary N) is 1. The van der Waals surface area contributed by atoms with Crippen LogP contribution in [-0.2, 0) is 0 Å². The van der Waals surface area contributed by atoms with Gasteiger partial charge in [0.1, 0.15) is 5.82 Å². The molecule has 122 valence electrons. The van der Waals surface area contributed by atoms with Gasteiger partial charge in [0.25, 0.3) is 0 Å². The third-order valence-electron chi connectivity index (χ3n) is 4.18. The molecule has 1 aliphatic heterocycles. The summed E-state index contributed by atoms with van der Waals surface area (Å²) in [4.78, 5) is 26.1. The molecule has 7 heteroatoms. The third-order valence-corrected chi connectivity index (χ3v) is 4.18. The predicted octanol–water partition coefficient (Wildman–Crippen LogP) is 1.81. The van der Waals surface area contributed by atoms with Crippen LogP contribution >= 0.6 is 0 Å². The molecule has 0 aromatic carbocycles. The first kappa shape index (κ1) is 14.6. The van der Waals surface area contributed by atoms with E-state index in [4.69, 9.17) is 0 Å². The second-order valence-corrected chi connectivity index (χ2v) is 6.02. The zero-order valence-corrected chi connectivity index (χ0v) is 13.7. The van der Waals surface area contributed by atoms with Gasteiger partial charge in [-0.15, -0.1) is 5.10 Å². The molecule has 0 radical (unpaired) electrons. The standard InChI is InChI=1S/C17H18N6O/c1-11-10-18-12(2)17-20-15(21-23(11)17)5-4-13-8-14(24)9-16(19-13)22-6-3-7-22/h4-5,8-10H,3,6-7H2,1-2H3,(H,19,24)/b5-4+. The highest BCUT2D eigenvalue weighted by Gasteiger charge is 2.15. The van der Waals surface area contributed by atoms with Gasteiger partial charge in [0.05, 0.1) is 11.4 Å². The molecule has 1 N–H and O–H groups in total. The number of fused-ring (bicyclic) bond motifs is 1. The lowest BCUT2D eigenvalue weighted by Gasteiger charge is -2.32. The van der Waals surface area contributed by atoms with E-state index in [2.05, 4.69) is 25.0 Å². The van der Waals surface area contributed by atoms with Crippen LogP contribution in [0.25, 0.3) is 17.8 Å². The number of aromatic nitrogens is 5. The molecule has 0 atom stereocenters. The lowest BCUT2D eigenvalue weighted by Crippen LogP contribution is -2.38. The highest BCUT2D eigenvalue weighted by atomic mass is 16.1. The number of nitrogens with zero attached hydrogens (tertiary/aromatic N) is 5. The first-order valence-corrected chi connectivity index (χ1v) is 7.96. The fourth-order valence-electron chi connectivity index (χ4n) is 2.71. The maximum absolute atomic E-state index is 11.9. The van der Waals surface area contributed by atoms with Crippen molar-refractivity contribution in [2.45, 2.75) is 20.3 Å². The van der Waals surface area contributed by atoms with E-state index in [0.717, 1.165) is 41.6 Å². The van der Waals surface area contributed by atoms with Crippen LogP contribution in [0.2, 0.25) is 0 Å². The number of anilines is 1. The Morgan fingerprint density at radius 2 is 2.04 bits per heavy atom. The van der Waals surface area contributed by atoms with Gasteiger partial charge in [0.15, 0.2) is 16.9 Å². The second kappa shape index (κ2) is 5.59. The van der Waals surface area contributed by atoms with E-state index in [-0.39, 0.29) is 5.43 Å². The van der Waals surface area contributed by atoms with Crippen molar-refractivity contribution < 1.29 is 0 Å². The van der Waals surface area contributed by atoms with Gasteiger partial charge >= 0.3 is 0 Å². The molecule has 7 nitrogen and oxygen atoms in total. The molecule has 24 heavy (non-hydrogen) atoms.